The molecule has 0 saturated carbocycles. The number of nitrogens with zero attached hydrogens (tertiary/aromatic N) is 1. The van der Waals surface area contributed by atoms with Gasteiger partial charge in [0.25, 0.3) is 5.91 Å². The lowest BCUT2D eigenvalue weighted by Crippen LogP contribution is -2.21. The van der Waals surface area contributed by atoms with E-state index >= 15 is 0 Å². The third-order valence-electron chi connectivity index (χ3n) is 3.28. The molecule has 0 aliphatic carbocycles. The maximum Gasteiger partial charge on any atom is 0.254 e. The Balaban J connectivity index is 2.33. The van der Waals surface area contributed by atoms with E-state index in [1.807, 2.05) is 0 Å². The summed E-state index contributed by atoms with van der Waals surface area (Å²) in [6.45, 7) is 0. The van der Waals surface area contributed by atoms with Crippen molar-refractivity contribution in [3.8, 4) is 11.5 Å². The number of nitrogens with two attached hydrogens (primary N) is 1. The van der Waals surface area contributed by atoms with Gasteiger partial charge in [-0.15, -0.1) is 0 Å². The Morgan fingerprint density at radius 2 is 2.00 bits per heavy atom. The van der Waals surface area contributed by atoms with Crippen molar-refractivity contribution in [2.45, 2.75) is 0 Å². The number of rotatable bonds is 3. The fourth-order valence-corrected chi connectivity index (χ4v) is 2.22. The van der Waals surface area contributed by atoms with Gasteiger partial charge in [0.15, 0.2) is 11.3 Å². The Morgan fingerprint density at radius 1 is 1.22 bits per heavy atom. The molecule has 0 aliphatic rings. The van der Waals surface area contributed by atoms with Gasteiger partial charge in [0.1, 0.15) is 11.3 Å². The topological polar surface area (TPSA) is 98.1 Å². The monoisotopic (exact) mass is 310 g/mol. The van der Waals surface area contributed by atoms with Crippen molar-refractivity contribution < 1.29 is 19.1 Å². The van der Waals surface area contributed by atoms with Crippen molar-refractivity contribution in [3.63, 3.8) is 0 Å². The molecule has 1 aromatic heterocycles. The maximum absolute atomic E-state index is 11.7. The fraction of sp³-hybridized carbons (Fsp3) is 0.0588. The van der Waals surface area contributed by atoms with Crippen molar-refractivity contribution >= 4 is 22.6 Å². The molecule has 6 heteroatoms. The normalized spacial score (nSPS) is 11.6. The molecule has 0 aliphatic heterocycles. The van der Waals surface area contributed by atoms with Crippen LogP contribution in [0.3, 0.4) is 0 Å². The Kier molecular flexibility index (Phi) is 3.72. The van der Waals surface area contributed by atoms with Gasteiger partial charge in [-0.1, -0.05) is 18.2 Å². The van der Waals surface area contributed by atoms with Crippen LogP contribution in [0.1, 0.15) is 10.4 Å². The van der Waals surface area contributed by atoms with Crippen LogP contribution in [0.25, 0.3) is 11.0 Å². The number of methoxy groups -OCH3 is 1. The van der Waals surface area contributed by atoms with Crippen molar-refractivity contribution in [3.05, 3.63) is 59.6 Å². The van der Waals surface area contributed by atoms with Crippen LogP contribution >= 0.6 is 0 Å². The van der Waals surface area contributed by atoms with Gasteiger partial charge in [-0.25, -0.2) is 4.99 Å². The number of ether oxygens (including phenoxy) is 1. The predicted molar refractivity (Wildman–Crippen MR) is 84.6 cm³/mol. The van der Waals surface area contributed by atoms with Crippen LogP contribution in [0.15, 0.2) is 57.9 Å². The second kappa shape index (κ2) is 5.84. The second-order valence-electron chi connectivity index (χ2n) is 4.84. The molecule has 0 bridgehead atoms. The summed E-state index contributed by atoms with van der Waals surface area (Å²) in [5, 5.41) is 10.2. The standard InChI is InChI=1S/C17H14N2O4/c1-22-14-7-2-4-10-8-13(16(18)21)17(23-15(10)14)19-11-5-3-6-12(20)9-11/h2-9,20H,1H3,(H2,18,21). The first-order valence-corrected chi connectivity index (χ1v) is 6.83. The Morgan fingerprint density at radius 3 is 2.70 bits per heavy atom. The molecule has 3 rings (SSSR count). The molecular formula is C17H14N2O4. The number of carbonyl (C=O) groups excluding carboxylic acids is 1. The highest BCUT2D eigenvalue weighted by molar-refractivity contribution is 5.96. The van der Waals surface area contributed by atoms with Crippen LogP contribution in [-0.4, -0.2) is 18.1 Å². The number of hydrogen-bond acceptors (Lipinski definition) is 5. The third kappa shape index (κ3) is 2.87. The van der Waals surface area contributed by atoms with E-state index in [2.05, 4.69) is 4.99 Å². The highest BCUT2D eigenvalue weighted by Gasteiger charge is 2.12. The first-order chi connectivity index (χ1) is 11.1. The molecule has 3 aromatic rings. The van der Waals surface area contributed by atoms with Gasteiger partial charge in [0, 0.05) is 11.5 Å². The lowest BCUT2D eigenvalue weighted by molar-refractivity contribution is 0.0996. The number of hydrogen-bond donors (Lipinski definition) is 2. The minimum atomic E-state index is -0.655. The first kappa shape index (κ1) is 14.6. The SMILES string of the molecule is COc1cccc2cc(C(N)=O)c(=Nc3cccc(O)c3)oc12. The van der Waals surface area contributed by atoms with Crippen LogP contribution in [0.4, 0.5) is 5.69 Å². The van der Waals surface area contributed by atoms with Crippen LogP contribution in [0.5, 0.6) is 11.5 Å². The van der Waals surface area contributed by atoms with Crippen LogP contribution in [0, 0.1) is 0 Å². The summed E-state index contributed by atoms with van der Waals surface area (Å²) in [5.74, 6) is -0.0755. The summed E-state index contributed by atoms with van der Waals surface area (Å²) in [6.07, 6.45) is 0. The van der Waals surface area contributed by atoms with E-state index in [0.717, 1.165) is 0 Å². The Bertz CT molecular complexity index is 960. The van der Waals surface area contributed by atoms with Crippen molar-refractivity contribution in [1.29, 1.82) is 0 Å². The zero-order chi connectivity index (χ0) is 16.4. The fourth-order valence-electron chi connectivity index (χ4n) is 2.22. The number of carbonyl (C=O) groups is 1. The molecule has 1 amide bonds. The van der Waals surface area contributed by atoms with Gasteiger partial charge >= 0.3 is 0 Å². The van der Waals surface area contributed by atoms with Gasteiger partial charge in [-0.3, -0.25) is 4.79 Å². The molecule has 0 saturated heterocycles. The summed E-state index contributed by atoms with van der Waals surface area (Å²) < 4.78 is 11.0. The molecule has 2 aromatic carbocycles. The average molecular weight is 310 g/mol. The summed E-state index contributed by atoms with van der Waals surface area (Å²) >= 11 is 0. The van der Waals surface area contributed by atoms with E-state index in [9.17, 15) is 9.90 Å². The van der Waals surface area contributed by atoms with Gasteiger partial charge < -0.3 is 20.0 Å². The molecule has 0 fully saturated rings. The van der Waals surface area contributed by atoms with Crippen LogP contribution in [-0.2, 0) is 0 Å². The largest absolute Gasteiger partial charge is 0.508 e. The van der Waals surface area contributed by atoms with E-state index in [0.29, 0.717) is 22.4 Å². The van der Waals surface area contributed by atoms with Crippen molar-refractivity contribution in [2.75, 3.05) is 7.11 Å². The quantitative estimate of drug-likeness (QED) is 0.776. The molecule has 0 unspecified atom stereocenters. The lowest BCUT2D eigenvalue weighted by atomic mass is 10.1. The van der Waals surface area contributed by atoms with E-state index in [4.69, 9.17) is 14.9 Å². The van der Waals surface area contributed by atoms with Crippen molar-refractivity contribution in [2.24, 2.45) is 10.7 Å². The number of amides is 1. The summed E-state index contributed by atoms with van der Waals surface area (Å²) in [7, 11) is 1.53. The first-order valence-electron chi connectivity index (χ1n) is 6.83. The van der Waals surface area contributed by atoms with Crippen molar-refractivity contribution in [1.82, 2.24) is 0 Å². The molecule has 0 radical (unpaired) electrons. The molecule has 1 heterocycles. The van der Waals surface area contributed by atoms with E-state index < -0.39 is 5.91 Å². The number of aromatic hydroxyl groups is 1. The molecule has 0 atom stereocenters. The minimum absolute atomic E-state index is 0.0556. The summed E-state index contributed by atoms with van der Waals surface area (Å²) in [6, 6.07) is 13.2. The number of phenols is 1. The highest BCUT2D eigenvalue weighted by Crippen LogP contribution is 2.25. The van der Waals surface area contributed by atoms with Crippen LogP contribution < -0.4 is 16.0 Å². The van der Waals surface area contributed by atoms with Gasteiger partial charge in [0.2, 0.25) is 5.55 Å². The smallest absolute Gasteiger partial charge is 0.254 e. The summed E-state index contributed by atoms with van der Waals surface area (Å²) in [4.78, 5) is 16.0. The van der Waals surface area contributed by atoms with Gasteiger partial charge in [0.05, 0.1) is 12.8 Å². The molecule has 116 valence electrons. The van der Waals surface area contributed by atoms with Gasteiger partial charge in [-0.05, 0) is 24.3 Å². The van der Waals surface area contributed by atoms with Gasteiger partial charge in [-0.2, -0.15) is 0 Å². The Labute approximate surface area is 131 Å². The molecule has 3 N–H and O–H groups in total. The van der Waals surface area contributed by atoms with Crippen LogP contribution in [0.2, 0.25) is 0 Å². The number of primary amides is 1. The minimum Gasteiger partial charge on any atom is -0.508 e. The highest BCUT2D eigenvalue weighted by atomic mass is 16.5. The van der Waals surface area contributed by atoms with E-state index in [-0.39, 0.29) is 16.9 Å². The number of benzene rings is 2. The second-order valence-corrected chi connectivity index (χ2v) is 4.84. The molecular weight excluding hydrogens is 296 g/mol. The average Bonchev–Trinajstić information content (AvgIpc) is 2.53. The zero-order valence-corrected chi connectivity index (χ0v) is 12.3. The third-order valence-corrected chi connectivity index (χ3v) is 3.28. The predicted octanol–water partition coefficient (Wildman–Crippen LogP) is 2.48. The summed E-state index contributed by atoms with van der Waals surface area (Å²) in [5.41, 5.74) is 6.52. The Hall–Kier alpha value is -3.28. The zero-order valence-electron chi connectivity index (χ0n) is 12.3. The lowest BCUT2D eigenvalue weighted by Gasteiger charge is -2.06. The number of para-hydroxylation sites is 1. The molecule has 6 nitrogen and oxygen atoms in total. The molecule has 23 heavy (non-hydrogen) atoms. The number of phenolic OH excluding ortho intramolecular Hbond substituents is 1. The number of fused-ring (bicyclic) bond motifs is 1. The molecule has 0 spiro atoms. The van der Waals surface area contributed by atoms with E-state index in [1.54, 1.807) is 36.4 Å². The maximum atomic E-state index is 11.7. The van der Waals surface area contributed by atoms with E-state index in [1.165, 1.54) is 19.2 Å².